The van der Waals surface area contributed by atoms with Crippen molar-refractivity contribution in [1.82, 2.24) is 10.2 Å². The number of likely N-dealkylation sites (tertiary alicyclic amines) is 1. The molecule has 1 amide bonds. The first kappa shape index (κ1) is 17.8. The molecule has 5 heteroatoms. The Labute approximate surface area is 138 Å². The minimum Gasteiger partial charge on any atom is -0.444 e. The van der Waals surface area contributed by atoms with Crippen molar-refractivity contribution in [3.05, 3.63) is 35.4 Å². The van der Waals surface area contributed by atoms with E-state index in [0.717, 1.165) is 30.5 Å². The van der Waals surface area contributed by atoms with E-state index in [2.05, 4.69) is 5.32 Å². The van der Waals surface area contributed by atoms with Gasteiger partial charge >= 0.3 is 6.09 Å². The predicted molar refractivity (Wildman–Crippen MR) is 90.0 cm³/mol. The van der Waals surface area contributed by atoms with Crippen LogP contribution in [0, 0.1) is 0 Å². The Morgan fingerprint density at radius 3 is 2.70 bits per heavy atom. The van der Waals surface area contributed by atoms with Crippen LogP contribution < -0.4 is 5.32 Å². The van der Waals surface area contributed by atoms with Crippen molar-refractivity contribution < 1.29 is 14.6 Å². The van der Waals surface area contributed by atoms with E-state index in [1.165, 1.54) is 0 Å². The lowest BCUT2D eigenvalue weighted by molar-refractivity contribution is 0.0187. The predicted octanol–water partition coefficient (Wildman–Crippen LogP) is 2.67. The van der Waals surface area contributed by atoms with Gasteiger partial charge in [-0.05, 0) is 44.7 Å². The van der Waals surface area contributed by atoms with Crippen LogP contribution in [0.5, 0.6) is 0 Å². The number of hydrogen-bond donors (Lipinski definition) is 2. The zero-order valence-electron chi connectivity index (χ0n) is 14.3. The second kappa shape index (κ2) is 7.79. The van der Waals surface area contributed by atoms with Crippen LogP contribution in [0.2, 0.25) is 0 Å². The standard InChI is InChI=1S/C18H28N2O3/c1-18(2,3)23-17(22)20-10-6-9-16(12-20)19-11-14-7-4-5-8-15(14)13-21/h4-5,7-8,16,19,21H,6,9-13H2,1-3H3. The molecule has 0 aromatic heterocycles. The van der Waals surface area contributed by atoms with Crippen LogP contribution in [0.4, 0.5) is 4.79 Å². The summed E-state index contributed by atoms with van der Waals surface area (Å²) in [6, 6.07) is 8.12. The summed E-state index contributed by atoms with van der Waals surface area (Å²) in [5.41, 5.74) is 1.58. The summed E-state index contributed by atoms with van der Waals surface area (Å²) in [6.45, 7) is 7.82. The van der Waals surface area contributed by atoms with Gasteiger partial charge in [0.05, 0.1) is 6.61 Å². The number of nitrogens with zero attached hydrogens (tertiary/aromatic N) is 1. The van der Waals surface area contributed by atoms with Crippen molar-refractivity contribution >= 4 is 6.09 Å². The summed E-state index contributed by atoms with van der Waals surface area (Å²) in [5.74, 6) is 0. The van der Waals surface area contributed by atoms with E-state index in [9.17, 15) is 9.90 Å². The maximum atomic E-state index is 12.2. The van der Waals surface area contributed by atoms with Gasteiger partial charge in [0.1, 0.15) is 5.60 Å². The minimum absolute atomic E-state index is 0.0482. The molecule has 1 unspecified atom stereocenters. The molecule has 1 fully saturated rings. The van der Waals surface area contributed by atoms with Crippen LogP contribution in [0.3, 0.4) is 0 Å². The number of piperidine rings is 1. The number of amides is 1. The molecule has 1 aromatic carbocycles. The minimum atomic E-state index is -0.461. The summed E-state index contributed by atoms with van der Waals surface area (Å²) < 4.78 is 5.45. The van der Waals surface area contributed by atoms with Gasteiger partial charge in [0, 0.05) is 25.7 Å². The molecule has 0 spiro atoms. The molecule has 23 heavy (non-hydrogen) atoms. The number of ether oxygens (including phenoxy) is 1. The van der Waals surface area contributed by atoms with Gasteiger partial charge in [-0.15, -0.1) is 0 Å². The third kappa shape index (κ3) is 5.52. The van der Waals surface area contributed by atoms with Gasteiger partial charge in [-0.1, -0.05) is 24.3 Å². The molecule has 0 radical (unpaired) electrons. The Balaban J connectivity index is 1.88. The summed E-state index contributed by atoms with van der Waals surface area (Å²) >= 11 is 0. The first-order valence-corrected chi connectivity index (χ1v) is 8.28. The second-order valence-electron chi connectivity index (χ2n) is 7.07. The molecule has 2 N–H and O–H groups in total. The maximum Gasteiger partial charge on any atom is 0.410 e. The van der Waals surface area contributed by atoms with Gasteiger partial charge in [-0.25, -0.2) is 4.79 Å². The largest absolute Gasteiger partial charge is 0.444 e. The average molecular weight is 320 g/mol. The highest BCUT2D eigenvalue weighted by molar-refractivity contribution is 5.68. The number of benzene rings is 1. The molecule has 1 aliphatic rings. The van der Waals surface area contributed by atoms with Crippen LogP contribution in [0.1, 0.15) is 44.7 Å². The van der Waals surface area contributed by atoms with E-state index in [4.69, 9.17) is 4.74 Å². The number of hydrogen-bond acceptors (Lipinski definition) is 4. The Bertz CT molecular complexity index is 525. The SMILES string of the molecule is CC(C)(C)OC(=O)N1CCCC(NCc2ccccc2CO)C1. The molecule has 5 nitrogen and oxygen atoms in total. The van der Waals surface area contributed by atoms with Gasteiger partial charge in [0.25, 0.3) is 0 Å². The highest BCUT2D eigenvalue weighted by Gasteiger charge is 2.27. The maximum absolute atomic E-state index is 12.2. The van der Waals surface area contributed by atoms with Gasteiger partial charge in [0.2, 0.25) is 0 Å². The highest BCUT2D eigenvalue weighted by Crippen LogP contribution is 2.16. The second-order valence-corrected chi connectivity index (χ2v) is 7.07. The van der Waals surface area contributed by atoms with E-state index in [1.54, 1.807) is 4.90 Å². The number of aliphatic hydroxyl groups excluding tert-OH is 1. The third-order valence-electron chi connectivity index (χ3n) is 3.94. The molecular formula is C18H28N2O3. The lowest BCUT2D eigenvalue weighted by Gasteiger charge is -2.34. The van der Waals surface area contributed by atoms with Crippen LogP contribution >= 0.6 is 0 Å². The Morgan fingerprint density at radius 2 is 2.04 bits per heavy atom. The summed E-state index contributed by atoms with van der Waals surface area (Å²) in [7, 11) is 0. The first-order chi connectivity index (χ1) is 10.9. The smallest absolute Gasteiger partial charge is 0.410 e. The van der Waals surface area contributed by atoms with E-state index >= 15 is 0 Å². The normalized spacial score (nSPS) is 18.8. The lowest BCUT2D eigenvalue weighted by atomic mass is 10.0. The fourth-order valence-electron chi connectivity index (χ4n) is 2.77. The lowest BCUT2D eigenvalue weighted by Crippen LogP contribution is -2.49. The van der Waals surface area contributed by atoms with Gasteiger partial charge in [-0.2, -0.15) is 0 Å². The van der Waals surface area contributed by atoms with E-state index in [1.807, 2.05) is 45.0 Å². The molecule has 128 valence electrons. The van der Waals surface area contributed by atoms with Crippen molar-refractivity contribution in [2.24, 2.45) is 0 Å². The Hall–Kier alpha value is -1.59. The molecule has 0 saturated carbocycles. The molecular weight excluding hydrogens is 292 g/mol. The number of carbonyl (C=O) groups is 1. The summed E-state index contributed by atoms with van der Waals surface area (Å²) in [5, 5.41) is 12.9. The summed E-state index contributed by atoms with van der Waals surface area (Å²) in [4.78, 5) is 14.0. The van der Waals surface area contributed by atoms with E-state index in [0.29, 0.717) is 13.1 Å². The molecule has 1 aromatic rings. The quantitative estimate of drug-likeness (QED) is 0.895. The first-order valence-electron chi connectivity index (χ1n) is 8.28. The van der Waals surface area contributed by atoms with Gasteiger partial charge < -0.3 is 20.1 Å². The Kier molecular flexibility index (Phi) is 6.02. The van der Waals surface area contributed by atoms with E-state index in [-0.39, 0.29) is 18.7 Å². The van der Waals surface area contributed by atoms with E-state index < -0.39 is 5.60 Å². The molecule has 1 saturated heterocycles. The zero-order valence-corrected chi connectivity index (χ0v) is 14.3. The molecule has 2 rings (SSSR count). The van der Waals surface area contributed by atoms with Crippen molar-refractivity contribution in [1.29, 1.82) is 0 Å². The molecule has 0 bridgehead atoms. The van der Waals surface area contributed by atoms with Crippen molar-refractivity contribution in [2.75, 3.05) is 13.1 Å². The van der Waals surface area contributed by atoms with Crippen molar-refractivity contribution in [2.45, 2.75) is 58.4 Å². The molecule has 1 aliphatic heterocycles. The van der Waals surface area contributed by atoms with Gasteiger partial charge in [-0.3, -0.25) is 0 Å². The third-order valence-corrected chi connectivity index (χ3v) is 3.94. The van der Waals surface area contributed by atoms with Crippen molar-refractivity contribution in [3.63, 3.8) is 0 Å². The molecule has 1 atom stereocenters. The topological polar surface area (TPSA) is 61.8 Å². The van der Waals surface area contributed by atoms with Crippen LogP contribution in [0.15, 0.2) is 24.3 Å². The van der Waals surface area contributed by atoms with Gasteiger partial charge in [0.15, 0.2) is 0 Å². The number of carbonyl (C=O) groups excluding carboxylic acids is 1. The van der Waals surface area contributed by atoms with Crippen LogP contribution in [-0.4, -0.2) is 40.8 Å². The van der Waals surface area contributed by atoms with Crippen molar-refractivity contribution in [3.8, 4) is 0 Å². The fraction of sp³-hybridized carbons (Fsp3) is 0.611. The Morgan fingerprint density at radius 1 is 1.35 bits per heavy atom. The summed E-state index contributed by atoms with van der Waals surface area (Å²) in [6.07, 6.45) is 1.78. The zero-order chi connectivity index (χ0) is 16.9. The molecule has 1 heterocycles. The monoisotopic (exact) mass is 320 g/mol. The molecule has 0 aliphatic carbocycles. The average Bonchev–Trinajstić information content (AvgIpc) is 2.52. The van der Waals surface area contributed by atoms with Crippen LogP contribution in [0.25, 0.3) is 0 Å². The fourth-order valence-corrected chi connectivity index (χ4v) is 2.77. The number of rotatable bonds is 4. The van der Waals surface area contributed by atoms with Crippen LogP contribution in [-0.2, 0) is 17.9 Å². The highest BCUT2D eigenvalue weighted by atomic mass is 16.6. The number of nitrogens with one attached hydrogen (secondary N) is 1. The number of aliphatic hydroxyl groups is 1.